The zero-order chi connectivity index (χ0) is 12.9. The lowest BCUT2D eigenvalue weighted by atomic mass is 9.85. The molecule has 0 radical (unpaired) electrons. The lowest BCUT2D eigenvalue weighted by molar-refractivity contribution is -0.183. The highest BCUT2D eigenvalue weighted by Gasteiger charge is 2.41. The minimum absolute atomic E-state index is 0.0422. The Labute approximate surface area is 101 Å². The molecule has 0 aromatic heterocycles. The van der Waals surface area contributed by atoms with Crippen molar-refractivity contribution >= 4 is 0 Å². The van der Waals surface area contributed by atoms with Gasteiger partial charge in [-0.15, -0.1) is 0 Å². The van der Waals surface area contributed by atoms with Crippen LogP contribution in [0.3, 0.4) is 0 Å². The van der Waals surface area contributed by atoms with Gasteiger partial charge in [-0.25, -0.2) is 0 Å². The van der Waals surface area contributed by atoms with Crippen LogP contribution in [0.25, 0.3) is 0 Å². The Morgan fingerprint density at radius 2 is 2.06 bits per heavy atom. The predicted molar refractivity (Wildman–Crippen MR) is 60.7 cm³/mol. The largest absolute Gasteiger partial charge is 0.393 e. The van der Waals surface area contributed by atoms with Gasteiger partial charge in [0.1, 0.15) is 0 Å². The SMILES string of the molecule is CCC(O)CCNC1CCCC(C(F)(F)F)C1. The molecule has 5 heteroatoms. The van der Waals surface area contributed by atoms with E-state index in [1.807, 2.05) is 6.92 Å². The van der Waals surface area contributed by atoms with Crippen molar-refractivity contribution in [2.75, 3.05) is 6.54 Å². The van der Waals surface area contributed by atoms with E-state index in [9.17, 15) is 18.3 Å². The minimum Gasteiger partial charge on any atom is -0.393 e. The molecule has 1 aliphatic carbocycles. The van der Waals surface area contributed by atoms with Gasteiger partial charge in [0, 0.05) is 6.04 Å². The Morgan fingerprint density at radius 1 is 1.35 bits per heavy atom. The molecule has 1 fully saturated rings. The van der Waals surface area contributed by atoms with Crippen molar-refractivity contribution < 1.29 is 18.3 Å². The van der Waals surface area contributed by atoms with Gasteiger partial charge in [-0.05, 0) is 38.6 Å². The molecule has 2 nitrogen and oxygen atoms in total. The van der Waals surface area contributed by atoms with E-state index in [1.54, 1.807) is 0 Å². The van der Waals surface area contributed by atoms with Crippen LogP contribution >= 0.6 is 0 Å². The van der Waals surface area contributed by atoms with Crippen molar-refractivity contribution in [1.29, 1.82) is 0 Å². The number of aliphatic hydroxyl groups is 1. The lowest BCUT2D eigenvalue weighted by Crippen LogP contribution is -2.39. The number of hydrogen-bond acceptors (Lipinski definition) is 2. The van der Waals surface area contributed by atoms with Crippen LogP contribution in [0.2, 0.25) is 0 Å². The summed E-state index contributed by atoms with van der Waals surface area (Å²) in [6.07, 6.45) is -1.19. The zero-order valence-electron chi connectivity index (χ0n) is 10.3. The molecule has 0 amide bonds. The molecule has 3 unspecified atom stereocenters. The third kappa shape index (κ3) is 5.25. The first-order chi connectivity index (χ1) is 7.93. The summed E-state index contributed by atoms with van der Waals surface area (Å²) in [7, 11) is 0. The zero-order valence-corrected chi connectivity index (χ0v) is 10.3. The van der Waals surface area contributed by atoms with E-state index in [0.29, 0.717) is 25.8 Å². The standard InChI is InChI=1S/C12H22F3NO/c1-2-11(17)6-7-16-10-5-3-4-9(8-10)12(13,14)15/h9-11,16-17H,2-8H2,1H3. The van der Waals surface area contributed by atoms with Gasteiger partial charge in [-0.3, -0.25) is 0 Å². The Morgan fingerprint density at radius 3 is 2.65 bits per heavy atom. The Bertz CT molecular complexity index is 220. The fraction of sp³-hybridized carbons (Fsp3) is 1.00. The highest BCUT2D eigenvalue weighted by atomic mass is 19.4. The molecule has 0 bridgehead atoms. The fourth-order valence-corrected chi connectivity index (χ4v) is 2.33. The summed E-state index contributed by atoms with van der Waals surface area (Å²) in [5.41, 5.74) is 0. The molecule has 0 aliphatic heterocycles. The van der Waals surface area contributed by atoms with E-state index in [1.165, 1.54) is 0 Å². The fourth-order valence-electron chi connectivity index (χ4n) is 2.33. The third-order valence-corrected chi connectivity index (χ3v) is 3.52. The summed E-state index contributed by atoms with van der Waals surface area (Å²) in [4.78, 5) is 0. The van der Waals surface area contributed by atoms with Gasteiger partial charge in [0.2, 0.25) is 0 Å². The first-order valence-corrected chi connectivity index (χ1v) is 6.41. The van der Waals surface area contributed by atoms with Crippen LogP contribution < -0.4 is 5.32 Å². The molecule has 1 rings (SSSR count). The number of aliphatic hydroxyl groups excluding tert-OH is 1. The monoisotopic (exact) mass is 253 g/mol. The second-order valence-electron chi connectivity index (χ2n) is 4.91. The molecule has 17 heavy (non-hydrogen) atoms. The van der Waals surface area contributed by atoms with Gasteiger partial charge in [0.05, 0.1) is 12.0 Å². The quantitative estimate of drug-likeness (QED) is 0.789. The number of rotatable bonds is 5. The summed E-state index contributed by atoms with van der Waals surface area (Å²) in [5, 5.41) is 12.5. The number of halogens is 3. The van der Waals surface area contributed by atoms with Crippen LogP contribution in [-0.2, 0) is 0 Å². The van der Waals surface area contributed by atoms with Crippen molar-refractivity contribution in [3.8, 4) is 0 Å². The molecular formula is C12H22F3NO. The molecule has 3 atom stereocenters. The van der Waals surface area contributed by atoms with Gasteiger partial charge < -0.3 is 10.4 Å². The van der Waals surface area contributed by atoms with Crippen LogP contribution in [0.1, 0.15) is 45.4 Å². The molecule has 0 saturated heterocycles. The molecule has 1 saturated carbocycles. The van der Waals surface area contributed by atoms with Crippen LogP contribution in [0.4, 0.5) is 13.2 Å². The molecule has 102 valence electrons. The van der Waals surface area contributed by atoms with E-state index in [-0.39, 0.29) is 25.0 Å². The maximum absolute atomic E-state index is 12.6. The van der Waals surface area contributed by atoms with Crippen molar-refractivity contribution in [3.05, 3.63) is 0 Å². The summed E-state index contributed by atoms with van der Waals surface area (Å²) >= 11 is 0. The molecule has 1 aliphatic rings. The average Bonchev–Trinajstić information content (AvgIpc) is 2.28. The molecule has 0 aromatic carbocycles. The number of hydrogen-bond donors (Lipinski definition) is 2. The highest BCUT2D eigenvalue weighted by molar-refractivity contribution is 4.81. The Kier molecular flexibility index (Phi) is 5.73. The van der Waals surface area contributed by atoms with Gasteiger partial charge in [-0.2, -0.15) is 13.2 Å². The second kappa shape index (κ2) is 6.59. The van der Waals surface area contributed by atoms with Gasteiger partial charge in [0.25, 0.3) is 0 Å². The van der Waals surface area contributed by atoms with E-state index in [2.05, 4.69) is 5.32 Å². The molecule has 0 heterocycles. The minimum atomic E-state index is -4.05. The van der Waals surface area contributed by atoms with Gasteiger partial charge in [0.15, 0.2) is 0 Å². The maximum atomic E-state index is 12.6. The van der Waals surface area contributed by atoms with Gasteiger partial charge >= 0.3 is 6.18 Å². The van der Waals surface area contributed by atoms with Crippen LogP contribution in [-0.4, -0.2) is 30.0 Å². The molecule has 0 aromatic rings. The maximum Gasteiger partial charge on any atom is 0.391 e. The van der Waals surface area contributed by atoms with E-state index >= 15 is 0 Å². The predicted octanol–water partition coefficient (Wildman–Crippen LogP) is 2.86. The summed E-state index contributed by atoms with van der Waals surface area (Å²) in [6.45, 7) is 2.50. The molecule has 0 spiro atoms. The van der Waals surface area contributed by atoms with Crippen LogP contribution in [0.5, 0.6) is 0 Å². The molecular weight excluding hydrogens is 231 g/mol. The summed E-state index contributed by atoms with van der Waals surface area (Å²) in [6, 6.07) is -0.0422. The third-order valence-electron chi connectivity index (χ3n) is 3.52. The second-order valence-corrected chi connectivity index (χ2v) is 4.91. The van der Waals surface area contributed by atoms with Crippen LogP contribution in [0.15, 0.2) is 0 Å². The van der Waals surface area contributed by atoms with Gasteiger partial charge in [-0.1, -0.05) is 13.3 Å². The number of nitrogens with one attached hydrogen (secondary N) is 1. The summed E-state index contributed by atoms with van der Waals surface area (Å²) in [5.74, 6) is -1.15. The first-order valence-electron chi connectivity index (χ1n) is 6.41. The van der Waals surface area contributed by atoms with Crippen LogP contribution in [0, 0.1) is 5.92 Å². The normalized spacial score (nSPS) is 28.1. The van der Waals surface area contributed by atoms with E-state index < -0.39 is 12.1 Å². The van der Waals surface area contributed by atoms with Crippen molar-refractivity contribution in [2.24, 2.45) is 5.92 Å². The smallest absolute Gasteiger partial charge is 0.391 e. The van der Waals surface area contributed by atoms with E-state index in [4.69, 9.17) is 0 Å². The first kappa shape index (κ1) is 14.8. The summed E-state index contributed by atoms with van der Waals surface area (Å²) < 4.78 is 37.7. The lowest BCUT2D eigenvalue weighted by Gasteiger charge is -2.31. The Hall–Kier alpha value is -0.290. The van der Waals surface area contributed by atoms with Crippen molar-refractivity contribution in [2.45, 2.75) is 63.8 Å². The number of alkyl halides is 3. The van der Waals surface area contributed by atoms with Crippen molar-refractivity contribution in [3.63, 3.8) is 0 Å². The molecule has 2 N–H and O–H groups in total. The average molecular weight is 253 g/mol. The Balaban J connectivity index is 2.25. The topological polar surface area (TPSA) is 32.3 Å². The van der Waals surface area contributed by atoms with E-state index in [0.717, 1.165) is 6.42 Å². The highest BCUT2D eigenvalue weighted by Crippen LogP contribution is 2.37. The van der Waals surface area contributed by atoms with Crippen molar-refractivity contribution in [1.82, 2.24) is 5.32 Å².